The van der Waals surface area contributed by atoms with Crippen molar-refractivity contribution in [1.82, 2.24) is 35.1 Å². The van der Waals surface area contributed by atoms with Crippen LogP contribution in [0.5, 0.6) is 0 Å². The van der Waals surface area contributed by atoms with E-state index in [1.165, 1.54) is 37.1 Å². The molecule has 5 unspecified atom stereocenters. The summed E-state index contributed by atoms with van der Waals surface area (Å²) in [5.41, 5.74) is -0.0186. The van der Waals surface area contributed by atoms with Gasteiger partial charge in [-0.15, -0.1) is 0 Å². The van der Waals surface area contributed by atoms with Crippen LogP contribution in [0, 0.1) is 23.4 Å². The van der Waals surface area contributed by atoms with E-state index in [-0.39, 0.29) is 86.9 Å². The topological polar surface area (TPSA) is 241 Å². The number of piperazine rings is 1. The van der Waals surface area contributed by atoms with Crippen molar-refractivity contribution in [2.75, 3.05) is 94.8 Å². The van der Waals surface area contributed by atoms with Crippen LogP contribution in [0.15, 0.2) is 78.9 Å². The van der Waals surface area contributed by atoms with Gasteiger partial charge in [-0.2, -0.15) is 0 Å². The normalized spacial score (nSPS) is 21.7. The molecule has 5 aliphatic rings. The minimum absolute atomic E-state index is 0.0347. The van der Waals surface area contributed by atoms with Crippen molar-refractivity contribution in [3.63, 3.8) is 0 Å². The minimum Gasteiger partial charge on any atom is -0.444 e. The third-order valence-corrected chi connectivity index (χ3v) is 18.1. The predicted molar refractivity (Wildman–Crippen MR) is 345 cm³/mol. The Balaban J connectivity index is 0.921. The quantitative estimate of drug-likeness (QED) is 0.0748. The van der Waals surface area contributed by atoms with Gasteiger partial charge in [-0.05, 0) is 165 Å². The molecule has 3 fully saturated rings. The summed E-state index contributed by atoms with van der Waals surface area (Å²) in [5.74, 6) is -6.64. The number of likely N-dealkylation sites (N-methyl/N-ethyl adjacent to an activating group) is 1. The Hall–Kier alpha value is -8.13. The summed E-state index contributed by atoms with van der Waals surface area (Å²) in [6.07, 6.45) is -0.338. The third-order valence-electron chi connectivity index (χ3n) is 18.1. The maximum atomic E-state index is 15.2. The van der Waals surface area contributed by atoms with Gasteiger partial charge in [0, 0.05) is 102 Å². The highest BCUT2D eigenvalue weighted by Gasteiger charge is 2.49. The molecule has 7 atom stereocenters. The molecule has 9 rings (SSSR count). The number of amides is 8. The number of nitrogens with zero attached hydrogens (tertiary/aromatic N) is 6. The number of ether oxygens (including phenoxy) is 4. The van der Waals surface area contributed by atoms with E-state index in [2.05, 4.69) is 38.0 Å². The summed E-state index contributed by atoms with van der Waals surface area (Å²) in [6.45, 7) is 20.9. The molecule has 8 amide bonds. The summed E-state index contributed by atoms with van der Waals surface area (Å²) in [6, 6.07) is 15.1. The van der Waals surface area contributed by atoms with E-state index in [1.807, 2.05) is 45.9 Å². The van der Waals surface area contributed by atoms with Crippen LogP contribution in [-0.2, 0) is 66.1 Å². The van der Waals surface area contributed by atoms with Gasteiger partial charge < -0.3 is 54.9 Å². The SMILES string of the molecule is CC1COCCN1C[C@H]1CN(C(=O)OC(C)(C)C)[C@H](C)CN1CC(=O)N1CC(C)(C(=O)NCCC(=O)Nc2ccc3c(c2)C(C(=O)Nc2c(F)cccc2F)N(C(=O)C(NC(=O)C(C)N(C)C(=O)OC(C)(C)C)C2CCOCC2)C3)c2ccc(Cc3ccc(F)cc3)cc21. The van der Waals surface area contributed by atoms with Crippen LogP contribution in [0.3, 0.4) is 0 Å². The van der Waals surface area contributed by atoms with Gasteiger partial charge >= 0.3 is 12.2 Å². The number of morpholine rings is 1. The molecule has 25 heteroatoms. The van der Waals surface area contributed by atoms with E-state index < -0.39 is 99.7 Å². The zero-order valence-electron chi connectivity index (χ0n) is 55.6. The van der Waals surface area contributed by atoms with Gasteiger partial charge in [0.25, 0.3) is 5.91 Å². The zero-order valence-corrected chi connectivity index (χ0v) is 55.6. The van der Waals surface area contributed by atoms with E-state index in [9.17, 15) is 33.2 Å². The maximum Gasteiger partial charge on any atom is 0.410 e. The van der Waals surface area contributed by atoms with E-state index in [1.54, 1.807) is 61.8 Å². The van der Waals surface area contributed by atoms with E-state index in [0.717, 1.165) is 34.2 Å². The number of rotatable bonds is 18. The number of anilines is 3. The van der Waals surface area contributed by atoms with Gasteiger partial charge in [-0.1, -0.05) is 36.4 Å². The summed E-state index contributed by atoms with van der Waals surface area (Å²) < 4.78 is 67.1. The summed E-state index contributed by atoms with van der Waals surface area (Å²) >= 11 is 0. The molecule has 0 radical (unpaired) electrons. The number of halogens is 3. The number of hydrogen-bond acceptors (Lipinski definition) is 14. The van der Waals surface area contributed by atoms with Gasteiger partial charge in [0.1, 0.15) is 52.5 Å². The van der Waals surface area contributed by atoms with Crippen molar-refractivity contribution < 1.29 is 70.5 Å². The zero-order chi connectivity index (χ0) is 68.1. The largest absolute Gasteiger partial charge is 0.444 e. The predicted octanol–water partition coefficient (Wildman–Crippen LogP) is 7.66. The van der Waals surface area contributed by atoms with E-state index in [0.29, 0.717) is 75.5 Å². The van der Waals surface area contributed by atoms with Crippen LogP contribution in [-0.4, -0.2) is 193 Å². The number of para-hydroxylation sites is 1. The molecule has 22 nitrogen and oxygen atoms in total. The summed E-state index contributed by atoms with van der Waals surface area (Å²) in [5, 5.41) is 10.9. The molecule has 0 aliphatic carbocycles. The molecule has 5 aliphatic heterocycles. The van der Waals surface area contributed by atoms with Gasteiger partial charge in [0.15, 0.2) is 0 Å². The molecular formula is C69H89F3N10O12. The number of nitrogens with one attached hydrogen (secondary N) is 4. The Bertz CT molecular complexity index is 3470. The molecule has 4 aromatic carbocycles. The highest BCUT2D eigenvalue weighted by Crippen LogP contribution is 2.43. The van der Waals surface area contributed by atoms with Gasteiger partial charge in [0.05, 0.1) is 25.2 Å². The Morgan fingerprint density at radius 1 is 0.777 bits per heavy atom. The first-order chi connectivity index (χ1) is 44.4. The molecule has 0 saturated carbocycles. The van der Waals surface area contributed by atoms with Gasteiger partial charge in [-0.25, -0.2) is 22.8 Å². The minimum atomic E-state index is -1.54. The fourth-order valence-corrected chi connectivity index (χ4v) is 12.8. The Morgan fingerprint density at radius 2 is 1.46 bits per heavy atom. The van der Waals surface area contributed by atoms with Crippen molar-refractivity contribution in [3.05, 3.63) is 124 Å². The standard InChI is InChI=1S/C69H89F3N10O12/c1-41-34-79(50(36-78-27-30-92-39-42(78)2)37-80(41)66(90)94-68(7,8)9)38-57(84)82-40-69(10,52-22-17-45(32-55(52)82)31-44-15-19-48(70)20-16-44)64(88)73-26-23-56(83)74-49-21-18-47-35-81(60(51(47)33-49)62(86)76-59-53(71)13-12-14-54(59)72)63(87)58(46-24-28-91-29-25-46)75-61(85)43(3)77(11)65(89)93-67(4,5)6/h12-22,32-33,41-43,46,50,58,60H,23-31,34-40H2,1-11H3,(H,73,88)(H,74,83)(H,75,85)(H,76,86)/t41-,42?,43?,50+,58?,60?,69?/m1/s1. The van der Waals surface area contributed by atoms with Crippen LogP contribution in [0.2, 0.25) is 0 Å². The third kappa shape index (κ3) is 16.7. The van der Waals surface area contributed by atoms with Crippen molar-refractivity contribution in [1.29, 1.82) is 0 Å². The smallest absolute Gasteiger partial charge is 0.410 e. The molecule has 4 aromatic rings. The van der Waals surface area contributed by atoms with E-state index in [4.69, 9.17) is 18.9 Å². The number of hydrogen-bond donors (Lipinski definition) is 4. The highest BCUT2D eigenvalue weighted by molar-refractivity contribution is 6.04. The van der Waals surface area contributed by atoms with Gasteiger partial charge in [0.2, 0.25) is 29.5 Å². The molecule has 508 valence electrons. The molecule has 94 heavy (non-hydrogen) atoms. The molecule has 0 spiro atoms. The summed E-state index contributed by atoms with van der Waals surface area (Å²) in [4.78, 5) is 124. The number of carbonyl (C=O) groups excluding carboxylic acids is 8. The lowest BCUT2D eigenvalue weighted by Gasteiger charge is -2.47. The monoisotopic (exact) mass is 1310 g/mol. The van der Waals surface area contributed by atoms with Crippen LogP contribution in [0.25, 0.3) is 0 Å². The average Bonchev–Trinajstić information content (AvgIpc) is 1.59. The fraction of sp³-hybridized carbons (Fsp3) is 0.536. The highest BCUT2D eigenvalue weighted by atomic mass is 19.1. The van der Waals surface area contributed by atoms with Crippen molar-refractivity contribution in [3.8, 4) is 0 Å². The van der Waals surface area contributed by atoms with Crippen LogP contribution >= 0.6 is 0 Å². The molecule has 0 aromatic heterocycles. The van der Waals surface area contributed by atoms with Gasteiger partial charge in [-0.3, -0.25) is 43.5 Å². The molecule has 3 saturated heterocycles. The molecule has 5 heterocycles. The average molecular weight is 1310 g/mol. The van der Waals surface area contributed by atoms with E-state index >= 15 is 18.4 Å². The first kappa shape index (κ1) is 70.2. The van der Waals surface area contributed by atoms with Crippen LogP contribution in [0.4, 0.5) is 39.8 Å². The first-order valence-corrected chi connectivity index (χ1v) is 32.2. The number of fused-ring (bicyclic) bond motifs is 2. The number of benzene rings is 4. The lowest BCUT2D eigenvalue weighted by Crippen LogP contribution is -2.64. The van der Waals surface area contributed by atoms with Crippen LogP contribution in [0.1, 0.15) is 122 Å². The molecule has 4 N–H and O–H groups in total. The number of carbonyl (C=O) groups is 8. The van der Waals surface area contributed by atoms with Crippen molar-refractivity contribution >= 4 is 64.7 Å². The summed E-state index contributed by atoms with van der Waals surface area (Å²) in [7, 11) is 1.39. The second kappa shape index (κ2) is 29.2. The second-order valence-corrected chi connectivity index (χ2v) is 27.6. The lowest BCUT2D eigenvalue weighted by molar-refractivity contribution is -0.144. The molecule has 0 bridgehead atoms. The Morgan fingerprint density at radius 3 is 2.13 bits per heavy atom. The Kier molecular flexibility index (Phi) is 21.8. The van der Waals surface area contributed by atoms with Crippen LogP contribution < -0.4 is 26.2 Å². The van der Waals surface area contributed by atoms with Crippen molar-refractivity contribution in [2.24, 2.45) is 5.92 Å². The van der Waals surface area contributed by atoms with Crippen molar-refractivity contribution in [2.45, 2.75) is 154 Å². The first-order valence-electron chi connectivity index (χ1n) is 32.2. The molecular weight excluding hydrogens is 1220 g/mol. The second-order valence-electron chi connectivity index (χ2n) is 27.6. The lowest BCUT2D eigenvalue weighted by atomic mass is 9.83. The Labute approximate surface area is 547 Å². The maximum absolute atomic E-state index is 15.2. The fourth-order valence-electron chi connectivity index (χ4n) is 12.8.